The minimum atomic E-state index is -0.0599. The average Bonchev–Trinajstić information content (AvgIpc) is 2.57. The predicted octanol–water partition coefficient (Wildman–Crippen LogP) is 4.52. The molecule has 0 aliphatic heterocycles. The lowest BCUT2D eigenvalue weighted by atomic mass is 10.1. The lowest BCUT2D eigenvalue weighted by Gasteiger charge is -2.15. The number of hydrogen-bond acceptors (Lipinski definition) is 3. The summed E-state index contributed by atoms with van der Waals surface area (Å²) in [6.07, 6.45) is 1.83. The van der Waals surface area contributed by atoms with Gasteiger partial charge in [-0.05, 0) is 50.5 Å². The normalized spacial score (nSPS) is 10.7. The zero-order chi connectivity index (χ0) is 18.0. The zero-order valence-corrected chi connectivity index (χ0v) is 15.1. The van der Waals surface area contributed by atoms with Crippen molar-refractivity contribution < 1.29 is 4.79 Å². The second-order valence-corrected chi connectivity index (χ2v) is 6.51. The van der Waals surface area contributed by atoms with Crippen LogP contribution >= 0.6 is 0 Å². The Morgan fingerprint density at radius 1 is 0.960 bits per heavy atom. The van der Waals surface area contributed by atoms with Crippen LogP contribution in [0.5, 0.6) is 0 Å². The molecular weight excluding hydrogens is 310 g/mol. The number of aryl methyl sites for hydroxylation is 4. The summed E-state index contributed by atoms with van der Waals surface area (Å²) in [7, 11) is 0. The first kappa shape index (κ1) is 17.0. The van der Waals surface area contributed by atoms with Gasteiger partial charge in [-0.1, -0.05) is 35.9 Å². The maximum atomic E-state index is 12.4. The van der Waals surface area contributed by atoms with Crippen LogP contribution in [0, 0.1) is 27.7 Å². The third-order valence-corrected chi connectivity index (χ3v) is 4.33. The number of aromatic nitrogens is 1. The van der Waals surface area contributed by atoms with E-state index in [9.17, 15) is 4.79 Å². The third-order valence-electron chi connectivity index (χ3n) is 4.33. The third kappa shape index (κ3) is 3.63. The van der Waals surface area contributed by atoms with Crippen molar-refractivity contribution in [2.45, 2.75) is 27.7 Å². The monoisotopic (exact) mass is 333 g/mol. The lowest BCUT2D eigenvalue weighted by molar-refractivity contribution is -0.114. The van der Waals surface area contributed by atoms with Crippen molar-refractivity contribution in [3.8, 4) is 0 Å². The zero-order valence-electron chi connectivity index (χ0n) is 15.1. The molecule has 0 spiro atoms. The predicted molar refractivity (Wildman–Crippen MR) is 104 cm³/mol. The molecule has 0 atom stereocenters. The molecule has 0 fully saturated rings. The molecule has 25 heavy (non-hydrogen) atoms. The maximum absolute atomic E-state index is 12.4. The molecule has 2 N–H and O–H groups in total. The smallest absolute Gasteiger partial charge is 0.243 e. The van der Waals surface area contributed by atoms with E-state index in [-0.39, 0.29) is 12.5 Å². The second kappa shape index (κ2) is 6.93. The number of para-hydroxylation sites is 1. The van der Waals surface area contributed by atoms with Gasteiger partial charge in [0.15, 0.2) is 0 Å². The van der Waals surface area contributed by atoms with E-state index >= 15 is 0 Å². The van der Waals surface area contributed by atoms with Crippen LogP contribution in [0.25, 0.3) is 10.9 Å². The van der Waals surface area contributed by atoms with Crippen molar-refractivity contribution in [2.24, 2.45) is 0 Å². The van der Waals surface area contributed by atoms with E-state index in [2.05, 4.69) is 34.7 Å². The fourth-order valence-corrected chi connectivity index (χ4v) is 3.21. The number of benzene rings is 2. The second-order valence-electron chi connectivity index (χ2n) is 6.51. The first-order chi connectivity index (χ1) is 12.0. The van der Waals surface area contributed by atoms with Crippen LogP contribution in [0.1, 0.15) is 22.3 Å². The summed E-state index contributed by atoms with van der Waals surface area (Å²) in [5.41, 5.74) is 7.15. The van der Waals surface area contributed by atoms with E-state index < -0.39 is 0 Å². The van der Waals surface area contributed by atoms with E-state index in [4.69, 9.17) is 0 Å². The average molecular weight is 333 g/mol. The minimum absolute atomic E-state index is 0.0599. The van der Waals surface area contributed by atoms with Crippen LogP contribution in [-0.2, 0) is 4.79 Å². The summed E-state index contributed by atoms with van der Waals surface area (Å²) in [6.45, 7) is 8.30. The standard InChI is InChI=1S/C21H23N3O/c1-13-9-14(2)20(15(3)10-13)24-19(25)12-23-21-16(4)11-22-18-8-6-5-7-17(18)21/h5-11H,12H2,1-4H3,(H,22,23)(H,24,25). The highest BCUT2D eigenvalue weighted by atomic mass is 16.1. The van der Waals surface area contributed by atoms with Gasteiger partial charge in [0.2, 0.25) is 5.91 Å². The molecular formula is C21H23N3O. The van der Waals surface area contributed by atoms with Crippen LogP contribution in [0.3, 0.4) is 0 Å². The van der Waals surface area contributed by atoms with Crippen molar-refractivity contribution in [1.29, 1.82) is 0 Å². The Hall–Kier alpha value is -2.88. The van der Waals surface area contributed by atoms with E-state index in [0.29, 0.717) is 0 Å². The molecule has 4 heteroatoms. The van der Waals surface area contributed by atoms with Gasteiger partial charge in [0.25, 0.3) is 0 Å². The van der Waals surface area contributed by atoms with Gasteiger partial charge < -0.3 is 10.6 Å². The van der Waals surface area contributed by atoms with E-state index in [1.807, 2.05) is 51.2 Å². The highest BCUT2D eigenvalue weighted by Gasteiger charge is 2.10. The lowest BCUT2D eigenvalue weighted by Crippen LogP contribution is -2.23. The minimum Gasteiger partial charge on any atom is -0.375 e. The molecule has 0 aliphatic carbocycles. The molecule has 2 aromatic carbocycles. The van der Waals surface area contributed by atoms with Crippen LogP contribution in [0.15, 0.2) is 42.6 Å². The molecule has 1 aromatic heterocycles. The Labute approximate surface area is 148 Å². The largest absolute Gasteiger partial charge is 0.375 e. The number of carbonyl (C=O) groups excluding carboxylic acids is 1. The molecule has 3 aromatic rings. The van der Waals surface area contributed by atoms with E-state index in [1.165, 1.54) is 5.56 Å². The van der Waals surface area contributed by atoms with Gasteiger partial charge >= 0.3 is 0 Å². The van der Waals surface area contributed by atoms with Crippen molar-refractivity contribution in [2.75, 3.05) is 17.2 Å². The van der Waals surface area contributed by atoms with E-state index in [1.54, 1.807) is 0 Å². The summed E-state index contributed by atoms with van der Waals surface area (Å²) < 4.78 is 0. The first-order valence-electron chi connectivity index (χ1n) is 8.41. The molecule has 0 radical (unpaired) electrons. The molecule has 0 saturated heterocycles. The number of nitrogens with zero attached hydrogens (tertiary/aromatic N) is 1. The number of amides is 1. The Balaban J connectivity index is 1.77. The first-order valence-corrected chi connectivity index (χ1v) is 8.41. The molecule has 1 amide bonds. The fourth-order valence-electron chi connectivity index (χ4n) is 3.21. The number of fused-ring (bicyclic) bond motifs is 1. The molecule has 0 bridgehead atoms. The Morgan fingerprint density at radius 3 is 2.36 bits per heavy atom. The van der Waals surface area contributed by atoms with Gasteiger partial charge in [0.1, 0.15) is 0 Å². The van der Waals surface area contributed by atoms with Crippen molar-refractivity contribution in [3.05, 3.63) is 64.8 Å². The molecule has 3 rings (SSSR count). The highest BCUT2D eigenvalue weighted by molar-refractivity contribution is 5.98. The molecule has 4 nitrogen and oxygen atoms in total. The fraction of sp³-hybridized carbons (Fsp3) is 0.238. The van der Waals surface area contributed by atoms with Crippen LogP contribution in [0.4, 0.5) is 11.4 Å². The number of rotatable bonds is 4. The molecule has 0 aliphatic rings. The van der Waals surface area contributed by atoms with E-state index in [0.717, 1.165) is 39.0 Å². The Bertz CT molecular complexity index is 924. The van der Waals surface area contributed by atoms with Gasteiger partial charge in [-0.15, -0.1) is 0 Å². The molecule has 128 valence electrons. The Kier molecular flexibility index (Phi) is 4.70. The number of pyridine rings is 1. The Morgan fingerprint density at radius 2 is 1.64 bits per heavy atom. The maximum Gasteiger partial charge on any atom is 0.243 e. The number of carbonyl (C=O) groups is 1. The molecule has 0 unspecified atom stereocenters. The van der Waals surface area contributed by atoms with Crippen molar-refractivity contribution in [1.82, 2.24) is 4.98 Å². The van der Waals surface area contributed by atoms with Crippen LogP contribution < -0.4 is 10.6 Å². The topological polar surface area (TPSA) is 54.0 Å². The molecule has 1 heterocycles. The van der Waals surface area contributed by atoms with Crippen molar-refractivity contribution in [3.63, 3.8) is 0 Å². The van der Waals surface area contributed by atoms with Gasteiger partial charge in [-0.3, -0.25) is 9.78 Å². The summed E-state index contributed by atoms with van der Waals surface area (Å²) in [5, 5.41) is 7.33. The van der Waals surface area contributed by atoms with Gasteiger partial charge in [-0.25, -0.2) is 0 Å². The summed E-state index contributed by atoms with van der Waals surface area (Å²) in [4.78, 5) is 16.9. The quantitative estimate of drug-likeness (QED) is 0.738. The van der Waals surface area contributed by atoms with Crippen LogP contribution in [0.2, 0.25) is 0 Å². The molecule has 0 saturated carbocycles. The highest BCUT2D eigenvalue weighted by Crippen LogP contribution is 2.25. The number of anilines is 2. The summed E-state index contributed by atoms with van der Waals surface area (Å²) >= 11 is 0. The number of hydrogen-bond donors (Lipinski definition) is 2. The van der Waals surface area contributed by atoms with Gasteiger partial charge in [0, 0.05) is 23.0 Å². The summed E-state index contributed by atoms with van der Waals surface area (Å²) in [6, 6.07) is 12.1. The van der Waals surface area contributed by atoms with Crippen molar-refractivity contribution >= 4 is 28.2 Å². The SMILES string of the molecule is Cc1cc(C)c(NC(=O)CNc2c(C)cnc3ccccc23)c(C)c1. The van der Waals surface area contributed by atoms with Gasteiger partial charge in [-0.2, -0.15) is 0 Å². The van der Waals surface area contributed by atoms with Gasteiger partial charge in [0.05, 0.1) is 12.1 Å². The van der Waals surface area contributed by atoms with Crippen LogP contribution in [-0.4, -0.2) is 17.4 Å². The summed E-state index contributed by atoms with van der Waals surface area (Å²) in [5.74, 6) is -0.0599. The number of nitrogens with one attached hydrogen (secondary N) is 2.